The van der Waals surface area contributed by atoms with Gasteiger partial charge >= 0.3 is 5.97 Å². The number of carboxylic acid groups (broad SMARTS) is 1. The lowest BCUT2D eigenvalue weighted by Gasteiger charge is -2.36. The average molecular weight is 477 g/mol. The molecule has 2 aliphatic rings. The molecule has 2 fully saturated rings. The molecule has 0 bridgehead atoms. The number of benzene rings is 2. The van der Waals surface area contributed by atoms with Crippen molar-refractivity contribution in [1.82, 2.24) is 10.6 Å². The van der Waals surface area contributed by atoms with Crippen LogP contribution in [0.3, 0.4) is 0 Å². The quantitative estimate of drug-likeness (QED) is 0.419. The summed E-state index contributed by atoms with van der Waals surface area (Å²) in [6.45, 7) is 4.19. The summed E-state index contributed by atoms with van der Waals surface area (Å²) in [5, 5.41) is 16.4. The van der Waals surface area contributed by atoms with Crippen LogP contribution in [0.15, 0.2) is 60.2 Å². The molecule has 2 aliphatic carbocycles. The van der Waals surface area contributed by atoms with Crippen molar-refractivity contribution in [2.45, 2.75) is 51.2 Å². The highest BCUT2D eigenvalue weighted by molar-refractivity contribution is 5.87. The molecule has 32 heavy (non-hydrogen) atoms. The van der Waals surface area contributed by atoms with Crippen LogP contribution in [0.5, 0.6) is 0 Å². The Kier molecular flexibility index (Phi) is 10.2. The molecule has 0 radical (unpaired) electrons. The molecule has 2 atom stereocenters. The lowest BCUT2D eigenvalue weighted by molar-refractivity contribution is 0.0697. The molecule has 0 aliphatic heterocycles. The van der Waals surface area contributed by atoms with Gasteiger partial charge in [-0.25, -0.2) is 4.79 Å². The highest BCUT2D eigenvalue weighted by Gasteiger charge is 2.39. The fraction of sp³-hybridized carbons (Fsp3) is 0.423. The van der Waals surface area contributed by atoms with E-state index in [9.17, 15) is 4.79 Å². The molecule has 2 saturated carbocycles. The SMILES string of the molecule is CCC(=Cc1ccccc1)C1C[C@@H]1NCC1CC(NCc2ccc(C(=O)O)cc2)C1.Cl.Cl. The van der Waals surface area contributed by atoms with Gasteiger partial charge in [0.25, 0.3) is 0 Å². The molecule has 0 spiro atoms. The van der Waals surface area contributed by atoms with Gasteiger partial charge in [-0.2, -0.15) is 0 Å². The largest absolute Gasteiger partial charge is 0.478 e. The lowest BCUT2D eigenvalue weighted by atomic mass is 9.80. The Morgan fingerprint density at radius 2 is 1.69 bits per heavy atom. The molecule has 0 aromatic heterocycles. The molecule has 6 heteroatoms. The third-order valence-corrected chi connectivity index (χ3v) is 6.53. The maximum atomic E-state index is 10.9. The Hall–Kier alpha value is -1.85. The second-order valence-electron chi connectivity index (χ2n) is 8.76. The zero-order valence-corrected chi connectivity index (χ0v) is 20.1. The summed E-state index contributed by atoms with van der Waals surface area (Å²) in [7, 11) is 0. The van der Waals surface area contributed by atoms with Crippen LogP contribution in [-0.4, -0.2) is 29.7 Å². The minimum atomic E-state index is -0.872. The van der Waals surface area contributed by atoms with Crippen molar-refractivity contribution in [1.29, 1.82) is 0 Å². The first kappa shape index (κ1) is 26.4. The maximum absolute atomic E-state index is 10.9. The van der Waals surface area contributed by atoms with Crippen LogP contribution in [0.2, 0.25) is 0 Å². The molecular formula is C26H34Cl2N2O2. The number of carbonyl (C=O) groups is 1. The van der Waals surface area contributed by atoms with Crippen molar-refractivity contribution in [3.05, 3.63) is 76.9 Å². The van der Waals surface area contributed by atoms with E-state index in [-0.39, 0.29) is 24.8 Å². The van der Waals surface area contributed by atoms with Crippen LogP contribution in [0.1, 0.15) is 54.1 Å². The van der Waals surface area contributed by atoms with Crippen molar-refractivity contribution in [2.24, 2.45) is 11.8 Å². The third-order valence-electron chi connectivity index (χ3n) is 6.53. The molecule has 0 heterocycles. The van der Waals surface area contributed by atoms with Crippen LogP contribution in [0, 0.1) is 11.8 Å². The maximum Gasteiger partial charge on any atom is 0.335 e. The van der Waals surface area contributed by atoms with E-state index in [0.717, 1.165) is 31.0 Å². The highest BCUT2D eigenvalue weighted by Crippen LogP contribution is 2.40. The monoisotopic (exact) mass is 476 g/mol. The van der Waals surface area contributed by atoms with E-state index in [1.807, 2.05) is 12.1 Å². The van der Waals surface area contributed by atoms with Gasteiger partial charge in [0.2, 0.25) is 0 Å². The van der Waals surface area contributed by atoms with Gasteiger partial charge in [0.1, 0.15) is 0 Å². The number of aromatic carboxylic acids is 1. The summed E-state index contributed by atoms with van der Waals surface area (Å²) in [6.07, 6.45) is 7.21. The Morgan fingerprint density at radius 1 is 1.00 bits per heavy atom. The molecule has 2 aromatic carbocycles. The second-order valence-corrected chi connectivity index (χ2v) is 8.76. The Labute approximate surface area is 203 Å². The Balaban J connectivity index is 0.00000181. The van der Waals surface area contributed by atoms with Crippen LogP contribution in [-0.2, 0) is 6.54 Å². The topological polar surface area (TPSA) is 61.4 Å². The van der Waals surface area contributed by atoms with Gasteiger partial charge in [0, 0.05) is 18.6 Å². The van der Waals surface area contributed by atoms with Crippen LogP contribution in [0.25, 0.3) is 6.08 Å². The van der Waals surface area contributed by atoms with E-state index >= 15 is 0 Å². The van der Waals surface area contributed by atoms with Crippen molar-refractivity contribution in [2.75, 3.05) is 6.54 Å². The zero-order chi connectivity index (χ0) is 20.9. The van der Waals surface area contributed by atoms with Crippen LogP contribution >= 0.6 is 24.8 Å². The van der Waals surface area contributed by atoms with E-state index in [0.29, 0.717) is 23.6 Å². The first-order valence-corrected chi connectivity index (χ1v) is 11.2. The number of rotatable bonds is 10. The second kappa shape index (κ2) is 12.4. The average Bonchev–Trinajstić information content (AvgIpc) is 3.51. The number of halogens is 2. The van der Waals surface area contributed by atoms with Gasteiger partial charge in [-0.1, -0.05) is 61.0 Å². The van der Waals surface area contributed by atoms with E-state index in [2.05, 4.69) is 54.0 Å². The smallest absolute Gasteiger partial charge is 0.335 e. The first-order chi connectivity index (χ1) is 14.6. The van der Waals surface area contributed by atoms with Gasteiger partial charge in [0.15, 0.2) is 0 Å². The molecule has 4 rings (SSSR count). The Bertz CT molecular complexity index is 880. The van der Waals surface area contributed by atoms with Gasteiger partial charge in [-0.15, -0.1) is 24.8 Å². The van der Waals surface area contributed by atoms with Gasteiger partial charge in [0.05, 0.1) is 5.56 Å². The van der Waals surface area contributed by atoms with E-state index < -0.39 is 5.97 Å². The van der Waals surface area contributed by atoms with Gasteiger partial charge < -0.3 is 15.7 Å². The van der Waals surface area contributed by atoms with Crippen LogP contribution < -0.4 is 10.6 Å². The fourth-order valence-electron chi connectivity index (χ4n) is 4.48. The fourth-order valence-corrected chi connectivity index (χ4v) is 4.48. The molecule has 3 N–H and O–H groups in total. The predicted molar refractivity (Wildman–Crippen MR) is 136 cm³/mol. The van der Waals surface area contributed by atoms with Gasteiger partial charge in [-0.3, -0.25) is 0 Å². The summed E-state index contributed by atoms with van der Waals surface area (Å²) >= 11 is 0. The van der Waals surface area contributed by atoms with Crippen molar-refractivity contribution < 1.29 is 9.90 Å². The first-order valence-electron chi connectivity index (χ1n) is 11.2. The number of nitrogens with one attached hydrogen (secondary N) is 2. The lowest BCUT2D eigenvalue weighted by Crippen LogP contribution is -2.44. The molecule has 2 aromatic rings. The number of hydrogen-bond acceptors (Lipinski definition) is 3. The minimum absolute atomic E-state index is 0. The summed E-state index contributed by atoms with van der Waals surface area (Å²) in [4.78, 5) is 10.9. The molecule has 4 nitrogen and oxygen atoms in total. The normalized spacial score (nSPS) is 24.0. The summed E-state index contributed by atoms with van der Waals surface area (Å²) in [5.41, 5.74) is 4.36. The van der Waals surface area contributed by atoms with Crippen molar-refractivity contribution >= 4 is 36.9 Å². The number of carboxylic acids is 1. The predicted octanol–water partition coefficient (Wildman–Crippen LogP) is 5.57. The zero-order valence-electron chi connectivity index (χ0n) is 18.5. The summed E-state index contributed by atoms with van der Waals surface area (Å²) < 4.78 is 0. The standard InChI is InChI=1S/C26H32N2O2.2ClH/c1-2-21(12-18-6-4-3-5-7-18)24-15-25(24)28-17-20-13-23(14-20)27-16-19-8-10-22(11-9-19)26(29)30;;/h3-12,20,23-25,27-28H,2,13-17H2,1H3,(H,29,30);2*1H/t20?,23?,24?,25-;;/m0../s1. The molecule has 0 amide bonds. The minimum Gasteiger partial charge on any atom is -0.478 e. The molecule has 174 valence electrons. The Morgan fingerprint density at radius 3 is 2.31 bits per heavy atom. The highest BCUT2D eigenvalue weighted by atomic mass is 35.5. The van der Waals surface area contributed by atoms with Crippen molar-refractivity contribution in [3.8, 4) is 0 Å². The van der Waals surface area contributed by atoms with E-state index in [4.69, 9.17) is 5.11 Å². The summed E-state index contributed by atoms with van der Waals surface area (Å²) in [5.74, 6) is 0.600. The van der Waals surface area contributed by atoms with Gasteiger partial charge in [-0.05, 0) is 67.3 Å². The summed E-state index contributed by atoms with van der Waals surface area (Å²) in [6, 6.07) is 19.0. The third kappa shape index (κ3) is 7.08. The molecular weight excluding hydrogens is 443 g/mol. The van der Waals surface area contributed by atoms with E-state index in [1.165, 1.54) is 24.8 Å². The number of hydrogen-bond donors (Lipinski definition) is 3. The van der Waals surface area contributed by atoms with Crippen LogP contribution in [0.4, 0.5) is 0 Å². The van der Waals surface area contributed by atoms with Crippen molar-refractivity contribution in [3.63, 3.8) is 0 Å². The molecule has 1 unspecified atom stereocenters. The molecule has 0 saturated heterocycles. The van der Waals surface area contributed by atoms with E-state index in [1.54, 1.807) is 17.7 Å².